The van der Waals surface area contributed by atoms with Gasteiger partial charge in [-0.15, -0.1) is 0 Å². The number of rotatable bonds is 2. The molecule has 2 unspecified atom stereocenters. The maximum atomic E-state index is 11.2. The minimum atomic E-state index is 0.00239. The highest BCUT2D eigenvalue weighted by atomic mass is 16.1. The maximum Gasteiger partial charge on any atom is 0.221 e. The molecule has 0 heterocycles. The summed E-state index contributed by atoms with van der Waals surface area (Å²) in [6.07, 6.45) is 8.37. The van der Waals surface area contributed by atoms with Crippen LogP contribution in [0.25, 0.3) is 0 Å². The molecule has 4 bridgehead atoms. The normalized spacial score (nSPS) is 42.4. The van der Waals surface area contributed by atoms with Crippen molar-refractivity contribution in [3.63, 3.8) is 0 Å². The molecule has 5 rings (SSSR count). The fourth-order valence-electron chi connectivity index (χ4n) is 6.88. The Morgan fingerprint density at radius 1 is 1.00 bits per heavy atom. The van der Waals surface area contributed by atoms with E-state index in [2.05, 4.69) is 43.4 Å². The molecule has 0 aromatic heterocycles. The summed E-state index contributed by atoms with van der Waals surface area (Å²) in [5.41, 5.74) is 3.90. The van der Waals surface area contributed by atoms with E-state index in [0.29, 0.717) is 16.2 Å². The number of carbonyl (C=O) groups excluding carboxylic acids is 1. The van der Waals surface area contributed by atoms with Crippen LogP contribution < -0.4 is 5.32 Å². The molecule has 4 fully saturated rings. The number of amides is 1. The van der Waals surface area contributed by atoms with Crippen LogP contribution >= 0.6 is 0 Å². The molecule has 2 heteroatoms. The Kier molecular flexibility index (Phi) is 2.84. The number of hydrogen-bond donors (Lipinski definition) is 1. The van der Waals surface area contributed by atoms with E-state index in [1.165, 1.54) is 44.1 Å². The van der Waals surface area contributed by atoms with E-state index in [1.807, 2.05) is 0 Å². The monoisotopic (exact) mass is 297 g/mol. The summed E-state index contributed by atoms with van der Waals surface area (Å²) in [5.74, 6) is 0.920. The highest BCUT2D eigenvalue weighted by Gasteiger charge is 2.60. The molecule has 0 saturated heterocycles. The van der Waals surface area contributed by atoms with Gasteiger partial charge in [0.05, 0.1) is 0 Å². The lowest BCUT2D eigenvalue weighted by atomic mass is 9.39. The van der Waals surface area contributed by atoms with Gasteiger partial charge in [-0.2, -0.15) is 0 Å². The molecule has 2 atom stereocenters. The second-order valence-electron chi connectivity index (χ2n) is 9.17. The van der Waals surface area contributed by atoms with Gasteiger partial charge >= 0.3 is 0 Å². The van der Waals surface area contributed by atoms with E-state index in [1.54, 1.807) is 6.92 Å². The van der Waals surface area contributed by atoms with Gasteiger partial charge in [-0.25, -0.2) is 0 Å². The third-order valence-electron chi connectivity index (χ3n) is 6.44. The molecular weight excluding hydrogens is 270 g/mol. The van der Waals surface area contributed by atoms with E-state index < -0.39 is 0 Å². The Morgan fingerprint density at radius 2 is 1.59 bits per heavy atom. The van der Waals surface area contributed by atoms with Crippen molar-refractivity contribution in [2.75, 3.05) is 5.32 Å². The molecule has 22 heavy (non-hydrogen) atoms. The van der Waals surface area contributed by atoms with Gasteiger partial charge in [0.15, 0.2) is 0 Å². The van der Waals surface area contributed by atoms with Crippen LogP contribution in [-0.4, -0.2) is 5.91 Å². The minimum Gasteiger partial charge on any atom is -0.326 e. The molecule has 0 spiro atoms. The molecule has 1 aromatic rings. The summed E-state index contributed by atoms with van der Waals surface area (Å²) in [6, 6.07) is 8.70. The Labute approximate surface area is 133 Å². The molecule has 1 N–H and O–H groups in total. The van der Waals surface area contributed by atoms with Crippen molar-refractivity contribution in [3.05, 3.63) is 29.8 Å². The Hall–Kier alpha value is -1.31. The zero-order valence-electron chi connectivity index (χ0n) is 14.0. The van der Waals surface area contributed by atoms with Crippen LogP contribution in [0.5, 0.6) is 0 Å². The van der Waals surface area contributed by atoms with Crippen molar-refractivity contribution in [1.82, 2.24) is 0 Å². The van der Waals surface area contributed by atoms with E-state index in [9.17, 15) is 4.79 Å². The van der Waals surface area contributed by atoms with Crippen LogP contribution in [-0.2, 0) is 10.2 Å². The van der Waals surface area contributed by atoms with E-state index >= 15 is 0 Å². The lowest BCUT2D eigenvalue weighted by Crippen LogP contribution is -2.56. The number of carbonyl (C=O) groups is 1. The summed E-state index contributed by atoms with van der Waals surface area (Å²) in [6.45, 7) is 6.61. The van der Waals surface area contributed by atoms with Crippen LogP contribution in [0.2, 0.25) is 0 Å². The van der Waals surface area contributed by atoms with E-state index in [-0.39, 0.29) is 5.91 Å². The van der Waals surface area contributed by atoms with E-state index in [0.717, 1.165) is 11.6 Å². The van der Waals surface area contributed by atoms with Crippen LogP contribution in [0.15, 0.2) is 24.3 Å². The van der Waals surface area contributed by atoms with Crippen LogP contribution in [0, 0.1) is 16.7 Å². The number of nitrogens with one attached hydrogen (secondary N) is 1. The summed E-state index contributed by atoms with van der Waals surface area (Å²) >= 11 is 0. The molecule has 4 saturated carbocycles. The van der Waals surface area contributed by atoms with Crippen molar-refractivity contribution in [1.29, 1.82) is 0 Å². The van der Waals surface area contributed by atoms with Crippen molar-refractivity contribution >= 4 is 11.6 Å². The van der Waals surface area contributed by atoms with Crippen molar-refractivity contribution in [3.8, 4) is 0 Å². The average molecular weight is 297 g/mol. The predicted octanol–water partition coefficient (Wildman–Crippen LogP) is 4.89. The fraction of sp³-hybridized carbons (Fsp3) is 0.650. The van der Waals surface area contributed by atoms with Gasteiger partial charge in [0.2, 0.25) is 5.91 Å². The lowest BCUT2D eigenvalue weighted by Gasteiger charge is -2.65. The van der Waals surface area contributed by atoms with Gasteiger partial charge < -0.3 is 5.32 Å². The summed E-state index contributed by atoms with van der Waals surface area (Å²) in [7, 11) is 0. The molecule has 0 radical (unpaired) electrons. The highest BCUT2D eigenvalue weighted by molar-refractivity contribution is 5.88. The third kappa shape index (κ3) is 2.19. The SMILES string of the molecule is CC(=O)Nc1ccc(C23CC4CC(C)(CC(C)(C4)C2)C3)cc1. The molecule has 4 aliphatic carbocycles. The van der Waals surface area contributed by atoms with Gasteiger partial charge in [-0.1, -0.05) is 26.0 Å². The van der Waals surface area contributed by atoms with Crippen molar-refractivity contribution in [2.24, 2.45) is 16.7 Å². The van der Waals surface area contributed by atoms with Crippen LogP contribution in [0.4, 0.5) is 5.69 Å². The first kappa shape index (κ1) is 14.3. The maximum absolute atomic E-state index is 11.2. The van der Waals surface area contributed by atoms with Gasteiger partial charge in [0, 0.05) is 12.6 Å². The largest absolute Gasteiger partial charge is 0.326 e. The van der Waals surface area contributed by atoms with Gasteiger partial charge in [0.25, 0.3) is 0 Å². The molecular formula is C20H27NO. The zero-order chi connectivity index (χ0) is 15.6. The number of hydrogen-bond acceptors (Lipinski definition) is 1. The molecule has 4 aliphatic rings. The first-order valence-corrected chi connectivity index (χ1v) is 8.68. The van der Waals surface area contributed by atoms with Gasteiger partial charge in [0.1, 0.15) is 0 Å². The molecule has 1 amide bonds. The quantitative estimate of drug-likeness (QED) is 0.827. The Bertz CT molecular complexity index is 599. The molecule has 0 aliphatic heterocycles. The standard InChI is InChI=1S/C20H27NO/c1-14(22)21-17-6-4-16(5-7-17)20-10-15-8-18(2,12-20)11-19(3,9-15)13-20/h4-7,15H,8-13H2,1-3H3,(H,21,22). The summed E-state index contributed by atoms with van der Waals surface area (Å²) in [4.78, 5) is 11.2. The van der Waals surface area contributed by atoms with Gasteiger partial charge in [-0.05, 0) is 78.4 Å². The number of benzene rings is 1. The zero-order valence-corrected chi connectivity index (χ0v) is 14.0. The molecule has 2 nitrogen and oxygen atoms in total. The van der Waals surface area contributed by atoms with Crippen LogP contribution in [0.3, 0.4) is 0 Å². The van der Waals surface area contributed by atoms with Crippen molar-refractivity contribution < 1.29 is 4.79 Å². The lowest BCUT2D eigenvalue weighted by molar-refractivity contribution is -0.114. The summed E-state index contributed by atoms with van der Waals surface area (Å²) < 4.78 is 0. The smallest absolute Gasteiger partial charge is 0.221 e. The van der Waals surface area contributed by atoms with Crippen molar-refractivity contribution in [2.45, 2.75) is 64.7 Å². The molecule has 1 aromatic carbocycles. The Morgan fingerprint density at radius 3 is 2.09 bits per heavy atom. The molecule has 118 valence electrons. The second-order valence-corrected chi connectivity index (χ2v) is 9.17. The Balaban J connectivity index is 1.68. The number of anilines is 1. The van der Waals surface area contributed by atoms with E-state index in [4.69, 9.17) is 0 Å². The first-order valence-electron chi connectivity index (χ1n) is 8.68. The van der Waals surface area contributed by atoms with Gasteiger partial charge in [-0.3, -0.25) is 4.79 Å². The third-order valence-corrected chi connectivity index (χ3v) is 6.44. The second kappa shape index (κ2) is 4.37. The topological polar surface area (TPSA) is 29.1 Å². The minimum absolute atomic E-state index is 0.00239. The summed E-state index contributed by atoms with van der Waals surface area (Å²) in [5, 5.41) is 2.88. The highest BCUT2D eigenvalue weighted by Crippen LogP contribution is 2.69. The predicted molar refractivity (Wildman–Crippen MR) is 89.8 cm³/mol. The fourth-order valence-corrected chi connectivity index (χ4v) is 6.88. The average Bonchev–Trinajstić information content (AvgIpc) is 2.34. The first-order chi connectivity index (χ1) is 10.3. The van der Waals surface area contributed by atoms with Crippen LogP contribution in [0.1, 0.15) is 64.9 Å².